The monoisotopic (exact) mass is 367 g/mol. The molecule has 26 heavy (non-hydrogen) atoms. The molecule has 2 aromatic heterocycles. The zero-order valence-corrected chi connectivity index (χ0v) is 14.8. The minimum atomic E-state index is -0.336. The van der Waals surface area contributed by atoms with Crippen molar-refractivity contribution < 1.29 is 4.79 Å². The van der Waals surface area contributed by atoms with Gasteiger partial charge in [0.25, 0.3) is 5.91 Å². The molecule has 2 N–H and O–H groups in total. The Morgan fingerprint density at radius 1 is 1.23 bits per heavy atom. The van der Waals surface area contributed by atoms with Gasteiger partial charge in [0.1, 0.15) is 0 Å². The molecule has 0 bridgehead atoms. The second-order valence-corrected chi connectivity index (χ2v) is 6.53. The van der Waals surface area contributed by atoms with Gasteiger partial charge in [0.05, 0.1) is 23.0 Å². The largest absolute Gasteiger partial charge is 0.380 e. The van der Waals surface area contributed by atoms with Crippen LogP contribution in [0.3, 0.4) is 0 Å². The molecule has 1 aromatic carbocycles. The summed E-state index contributed by atoms with van der Waals surface area (Å²) in [6, 6.07) is 11.4. The number of aromatic nitrogens is 2. The van der Waals surface area contributed by atoms with Gasteiger partial charge >= 0.3 is 0 Å². The molecular formula is C19H18ClN5O. The minimum absolute atomic E-state index is 0.336. The van der Waals surface area contributed by atoms with Gasteiger partial charge in [-0.1, -0.05) is 0 Å². The number of carbonyl (C=O) groups excluding carboxylic acids is 1. The number of carbonyl (C=O) groups is 1. The van der Waals surface area contributed by atoms with E-state index in [1.165, 1.54) is 0 Å². The molecule has 3 aromatic rings. The van der Waals surface area contributed by atoms with Gasteiger partial charge in [-0.2, -0.15) is 0 Å². The number of nitrogens with one attached hydrogen (secondary N) is 2. The molecule has 0 saturated carbocycles. The van der Waals surface area contributed by atoms with Gasteiger partial charge in [-0.05, 0) is 49.4 Å². The lowest BCUT2D eigenvalue weighted by Crippen LogP contribution is -2.23. The van der Waals surface area contributed by atoms with Crippen LogP contribution in [0.2, 0.25) is 0 Å². The Balaban J connectivity index is 1.71. The molecule has 6 nitrogen and oxygen atoms in total. The van der Waals surface area contributed by atoms with Gasteiger partial charge in [0.15, 0.2) is 0 Å². The van der Waals surface area contributed by atoms with Gasteiger partial charge in [-0.3, -0.25) is 14.8 Å². The molecule has 1 amide bonds. The Labute approximate surface area is 156 Å². The van der Waals surface area contributed by atoms with Crippen LogP contribution in [0.15, 0.2) is 55.0 Å². The molecule has 1 aliphatic heterocycles. The summed E-state index contributed by atoms with van der Waals surface area (Å²) < 4.78 is 1.07. The normalized spacial score (nSPS) is 16.6. The van der Waals surface area contributed by atoms with Crippen LogP contribution in [-0.2, 0) is 0 Å². The topological polar surface area (TPSA) is 70.2 Å². The first-order chi connectivity index (χ1) is 12.7. The fourth-order valence-corrected chi connectivity index (χ4v) is 3.35. The SMILES string of the molecule is O=C(c1ccc(N[C@H]2CCNC2)c2cccnc12)N(Cl)c1cccnc1. The van der Waals surface area contributed by atoms with Gasteiger partial charge in [-0.15, -0.1) is 0 Å². The second-order valence-electron chi connectivity index (χ2n) is 6.19. The Morgan fingerprint density at radius 2 is 2.12 bits per heavy atom. The molecule has 3 heterocycles. The zero-order chi connectivity index (χ0) is 17.9. The highest BCUT2D eigenvalue weighted by Crippen LogP contribution is 2.28. The van der Waals surface area contributed by atoms with E-state index in [1.807, 2.05) is 18.2 Å². The Bertz CT molecular complexity index is 928. The maximum Gasteiger partial charge on any atom is 0.275 e. The molecule has 1 aliphatic rings. The molecule has 1 saturated heterocycles. The highest BCUT2D eigenvalue weighted by Gasteiger charge is 2.21. The number of amides is 1. The Kier molecular flexibility index (Phi) is 4.69. The molecule has 0 spiro atoms. The summed E-state index contributed by atoms with van der Waals surface area (Å²) in [6.45, 7) is 1.94. The number of hydrogen-bond donors (Lipinski definition) is 2. The number of pyridine rings is 2. The van der Waals surface area contributed by atoms with Crippen molar-refractivity contribution in [2.45, 2.75) is 12.5 Å². The Morgan fingerprint density at radius 3 is 2.88 bits per heavy atom. The van der Waals surface area contributed by atoms with E-state index in [0.29, 0.717) is 22.8 Å². The van der Waals surface area contributed by atoms with E-state index >= 15 is 0 Å². The molecule has 0 aliphatic carbocycles. The lowest BCUT2D eigenvalue weighted by atomic mass is 10.1. The highest BCUT2D eigenvalue weighted by molar-refractivity contribution is 6.40. The fourth-order valence-electron chi connectivity index (χ4n) is 3.16. The van der Waals surface area contributed by atoms with Crippen molar-refractivity contribution in [3.63, 3.8) is 0 Å². The van der Waals surface area contributed by atoms with Crippen molar-refractivity contribution >= 4 is 40.0 Å². The van der Waals surface area contributed by atoms with Crippen LogP contribution in [0, 0.1) is 0 Å². The molecule has 4 rings (SSSR count). The van der Waals surface area contributed by atoms with E-state index < -0.39 is 0 Å². The average Bonchev–Trinajstić information content (AvgIpc) is 3.21. The summed E-state index contributed by atoms with van der Waals surface area (Å²) in [6.07, 6.45) is 5.93. The van der Waals surface area contributed by atoms with Crippen LogP contribution in [0.5, 0.6) is 0 Å². The van der Waals surface area contributed by atoms with Crippen LogP contribution in [0.4, 0.5) is 11.4 Å². The number of halogens is 1. The lowest BCUT2D eigenvalue weighted by molar-refractivity contribution is 0.101. The van der Waals surface area contributed by atoms with E-state index in [4.69, 9.17) is 11.8 Å². The van der Waals surface area contributed by atoms with E-state index in [-0.39, 0.29) is 5.91 Å². The molecule has 132 valence electrons. The molecule has 0 radical (unpaired) electrons. The number of benzene rings is 1. The third-order valence-corrected chi connectivity index (χ3v) is 4.82. The van der Waals surface area contributed by atoms with Gasteiger partial charge in [0, 0.05) is 47.8 Å². The average molecular weight is 368 g/mol. The maximum absolute atomic E-state index is 12.9. The zero-order valence-electron chi connectivity index (χ0n) is 14.0. The van der Waals surface area contributed by atoms with Crippen molar-refractivity contribution in [3.8, 4) is 0 Å². The number of hydrogen-bond acceptors (Lipinski definition) is 5. The summed E-state index contributed by atoms with van der Waals surface area (Å²) >= 11 is 6.26. The molecule has 7 heteroatoms. The van der Waals surface area contributed by atoms with Crippen LogP contribution in [-0.4, -0.2) is 35.0 Å². The standard InChI is InChI=1S/C19H18ClN5O/c20-25(14-3-1-8-21-12-14)19(26)16-5-6-17(24-13-7-10-22-11-13)15-4-2-9-23-18(15)16/h1-6,8-9,12-13,22,24H,7,10-11H2/t13-/m0/s1. The second kappa shape index (κ2) is 7.27. The van der Waals surface area contributed by atoms with Gasteiger partial charge < -0.3 is 10.6 Å². The van der Waals surface area contributed by atoms with E-state index in [0.717, 1.165) is 35.0 Å². The first-order valence-corrected chi connectivity index (χ1v) is 8.83. The van der Waals surface area contributed by atoms with Crippen LogP contribution < -0.4 is 15.1 Å². The molecule has 0 unspecified atom stereocenters. The molecule has 1 atom stereocenters. The summed E-state index contributed by atoms with van der Waals surface area (Å²) in [5.41, 5.74) is 2.57. The van der Waals surface area contributed by atoms with E-state index in [1.54, 1.807) is 36.8 Å². The highest BCUT2D eigenvalue weighted by atomic mass is 35.5. The summed E-state index contributed by atoms with van der Waals surface area (Å²) in [5.74, 6) is -0.336. The van der Waals surface area contributed by atoms with Crippen molar-refractivity contribution in [2.24, 2.45) is 0 Å². The maximum atomic E-state index is 12.9. The summed E-state index contributed by atoms with van der Waals surface area (Å²) in [5, 5.41) is 7.79. The van der Waals surface area contributed by atoms with Gasteiger partial charge in [0.2, 0.25) is 0 Å². The smallest absolute Gasteiger partial charge is 0.275 e. The lowest BCUT2D eigenvalue weighted by Gasteiger charge is -2.18. The first kappa shape index (κ1) is 16.8. The van der Waals surface area contributed by atoms with Crippen molar-refractivity contribution in [1.82, 2.24) is 15.3 Å². The van der Waals surface area contributed by atoms with E-state index in [9.17, 15) is 4.79 Å². The van der Waals surface area contributed by atoms with E-state index in [2.05, 4.69) is 20.6 Å². The number of rotatable bonds is 4. The van der Waals surface area contributed by atoms with Crippen molar-refractivity contribution in [3.05, 3.63) is 60.6 Å². The predicted molar refractivity (Wildman–Crippen MR) is 104 cm³/mol. The minimum Gasteiger partial charge on any atom is -0.380 e. The first-order valence-electron chi connectivity index (χ1n) is 8.49. The number of fused-ring (bicyclic) bond motifs is 1. The Hall–Kier alpha value is -2.70. The molecular weight excluding hydrogens is 350 g/mol. The number of nitrogens with zero attached hydrogens (tertiary/aromatic N) is 3. The predicted octanol–water partition coefficient (Wildman–Crippen LogP) is 3.20. The fraction of sp³-hybridized carbons (Fsp3) is 0.211. The quantitative estimate of drug-likeness (QED) is 0.693. The molecule has 1 fully saturated rings. The van der Waals surface area contributed by atoms with Crippen molar-refractivity contribution in [1.29, 1.82) is 0 Å². The third kappa shape index (κ3) is 3.21. The third-order valence-electron chi connectivity index (χ3n) is 4.47. The van der Waals surface area contributed by atoms with Crippen LogP contribution in [0.1, 0.15) is 16.8 Å². The van der Waals surface area contributed by atoms with Crippen LogP contribution >= 0.6 is 11.8 Å². The summed E-state index contributed by atoms with van der Waals surface area (Å²) in [7, 11) is 0. The van der Waals surface area contributed by atoms with Crippen LogP contribution in [0.25, 0.3) is 10.9 Å². The van der Waals surface area contributed by atoms with Crippen molar-refractivity contribution in [2.75, 3.05) is 22.8 Å². The summed E-state index contributed by atoms with van der Waals surface area (Å²) in [4.78, 5) is 21.4. The number of anilines is 2. The van der Waals surface area contributed by atoms with Gasteiger partial charge in [-0.25, -0.2) is 4.42 Å².